The Labute approximate surface area is 295 Å². The average molecular weight is 688 g/mol. The van der Waals surface area contributed by atoms with Crippen molar-refractivity contribution in [3.8, 4) is 0 Å². The van der Waals surface area contributed by atoms with Gasteiger partial charge in [-0.15, -0.1) is 12.6 Å². The molecular weight excluding hydrogens is 628 g/mol. The first kappa shape index (κ1) is 45.1. The molecule has 3 aromatic carbocycles. The van der Waals surface area contributed by atoms with Crippen molar-refractivity contribution >= 4 is 24.1 Å². The number of alkyl halides is 3. The Morgan fingerprint density at radius 3 is 1.92 bits per heavy atom. The molecule has 4 nitrogen and oxygen atoms in total. The molecule has 0 amide bonds. The number of carbonyl (C=O) groups is 1. The van der Waals surface area contributed by atoms with Crippen molar-refractivity contribution in [2.45, 2.75) is 92.3 Å². The molecule has 1 aliphatic heterocycles. The molecule has 48 heavy (non-hydrogen) atoms. The molecule has 0 aliphatic carbocycles. The van der Waals surface area contributed by atoms with Gasteiger partial charge >= 0.3 is 6.18 Å². The summed E-state index contributed by atoms with van der Waals surface area (Å²) in [5.41, 5.74) is 4.66. The van der Waals surface area contributed by atoms with E-state index in [0.29, 0.717) is 12.3 Å². The van der Waals surface area contributed by atoms with Gasteiger partial charge in [-0.1, -0.05) is 94.3 Å². The number of aryl methyl sites for hydroxylation is 2. The molecule has 0 radical (unpaired) electrons. The molecule has 0 aromatic heterocycles. The van der Waals surface area contributed by atoms with Crippen molar-refractivity contribution in [1.29, 1.82) is 0 Å². The molecule has 1 unspecified atom stereocenters. The summed E-state index contributed by atoms with van der Waals surface area (Å²) in [5.74, 6) is 0.420. The maximum absolute atomic E-state index is 12.3. The predicted molar refractivity (Wildman–Crippen MR) is 203 cm³/mol. The van der Waals surface area contributed by atoms with Gasteiger partial charge in [0.25, 0.3) is 0 Å². The van der Waals surface area contributed by atoms with Crippen LogP contribution in [-0.2, 0) is 12.7 Å². The fraction of sp³-hybridized carbons (Fsp3) is 0.500. The zero-order valence-corrected chi connectivity index (χ0v) is 31.9. The van der Waals surface area contributed by atoms with Crippen LogP contribution in [0.1, 0.15) is 93.4 Å². The lowest BCUT2D eigenvalue weighted by Gasteiger charge is -2.32. The SMILES string of the molecule is CC.CCC(C)C(C)=NC.CCCC(=O)c1cccc(C(F)(F)F)c1.Cc1ccc(CN2CCN(C)CC2)cc1.Cc1cccc(S)c1. The summed E-state index contributed by atoms with van der Waals surface area (Å²) < 4.78 is 36.9. The first-order valence-electron chi connectivity index (χ1n) is 17.1. The van der Waals surface area contributed by atoms with Crippen LogP contribution in [0, 0.1) is 19.8 Å². The Morgan fingerprint density at radius 1 is 0.896 bits per heavy atom. The van der Waals surface area contributed by atoms with Gasteiger partial charge in [0.2, 0.25) is 0 Å². The Morgan fingerprint density at radius 2 is 1.48 bits per heavy atom. The summed E-state index contributed by atoms with van der Waals surface area (Å²) in [6.07, 6.45) is -2.28. The number of benzene rings is 3. The van der Waals surface area contributed by atoms with Crippen LogP contribution in [-0.4, -0.2) is 61.6 Å². The maximum Gasteiger partial charge on any atom is 0.416 e. The van der Waals surface area contributed by atoms with Crippen molar-refractivity contribution in [2.75, 3.05) is 40.3 Å². The molecule has 0 bridgehead atoms. The highest BCUT2D eigenvalue weighted by Crippen LogP contribution is 2.29. The van der Waals surface area contributed by atoms with E-state index >= 15 is 0 Å². The number of piperazine rings is 1. The average Bonchev–Trinajstić information content (AvgIpc) is 3.07. The minimum absolute atomic E-state index is 0.131. The minimum atomic E-state index is -4.39. The monoisotopic (exact) mass is 687 g/mol. The molecule has 3 aromatic rings. The van der Waals surface area contributed by atoms with E-state index in [0.717, 1.165) is 23.6 Å². The third-order valence-corrected chi connectivity index (χ3v) is 8.07. The lowest BCUT2D eigenvalue weighted by Crippen LogP contribution is -2.43. The summed E-state index contributed by atoms with van der Waals surface area (Å²) in [7, 11) is 4.05. The molecule has 1 saturated heterocycles. The summed E-state index contributed by atoms with van der Waals surface area (Å²) in [6, 6.07) is 21.5. The molecule has 1 aliphatic rings. The quantitative estimate of drug-likeness (QED) is 0.153. The standard InChI is InChI=1S/C13H20N2.C11H11F3O.C7H15N.C7H8S.C2H6/c1-12-3-5-13(6-4-12)11-15-9-7-14(2)8-10-15;1-2-4-10(15)8-5-3-6-9(7-8)11(12,13)14;1-5-6(2)7(3)8-4;1-6-3-2-4-7(8)5-6;1-2/h3-6H,7-11H2,1-2H3;3,5-7H,2,4H2,1H3;6H,5H2,1-4H3;2-5,8H,1H3;1-2H3. The maximum atomic E-state index is 12.3. The number of aliphatic imine (C=N–C) groups is 1. The van der Waals surface area contributed by atoms with E-state index in [2.05, 4.69) is 99.4 Å². The van der Waals surface area contributed by atoms with Crippen molar-refractivity contribution < 1.29 is 18.0 Å². The van der Waals surface area contributed by atoms with Crippen LogP contribution in [0.4, 0.5) is 13.2 Å². The highest BCUT2D eigenvalue weighted by molar-refractivity contribution is 7.80. The molecule has 4 rings (SSSR count). The fourth-order valence-corrected chi connectivity index (χ4v) is 4.63. The van der Waals surface area contributed by atoms with Gasteiger partial charge in [0.1, 0.15) is 0 Å². The zero-order valence-electron chi connectivity index (χ0n) is 31.0. The molecule has 1 heterocycles. The summed E-state index contributed by atoms with van der Waals surface area (Å²) >= 11 is 4.15. The fourth-order valence-electron chi connectivity index (χ4n) is 4.34. The van der Waals surface area contributed by atoms with Crippen LogP contribution in [0.25, 0.3) is 0 Å². The van der Waals surface area contributed by atoms with Crippen molar-refractivity contribution in [2.24, 2.45) is 10.9 Å². The number of rotatable bonds is 7. The number of Topliss-reactive ketones (excluding diaryl/α,β-unsaturated/α-hetero) is 1. The van der Waals surface area contributed by atoms with Gasteiger partial charge in [0.15, 0.2) is 5.78 Å². The number of hydrogen-bond donors (Lipinski definition) is 1. The Hall–Kier alpha value is -2.94. The first-order valence-corrected chi connectivity index (χ1v) is 17.5. The van der Waals surface area contributed by atoms with Gasteiger partial charge in [0, 0.05) is 62.4 Å². The molecule has 0 N–H and O–H groups in total. The molecule has 0 saturated carbocycles. The van der Waals surface area contributed by atoms with Crippen LogP contribution >= 0.6 is 12.6 Å². The normalized spacial score (nSPS) is 14.0. The zero-order chi connectivity index (χ0) is 36.7. The Balaban J connectivity index is 0.000000628. The van der Waals surface area contributed by atoms with Gasteiger partial charge in [-0.2, -0.15) is 13.2 Å². The second kappa shape index (κ2) is 25.1. The number of halogens is 3. The van der Waals surface area contributed by atoms with Crippen LogP contribution < -0.4 is 0 Å². The lowest BCUT2D eigenvalue weighted by atomic mass is 10.0. The number of carbonyl (C=O) groups excluding carboxylic acids is 1. The van der Waals surface area contributed by atoms with Gasteiger partial charge in [-0.05, 0) is 76.4 Å². The largest absolute Gasteiger partial charge is 0.416 e. The van der Waals surface area contributed by atoms with E-state index in [4.69, 9.17) is 0 Å². The van der Waals surface area contributed by atoms with E-state index in [1.807, 2.05) is 46.0 Å². The Kier molecular flexibility index (Phi) is 23.6. The van der Waals surface area contributed by atoms with Gasteiger partial charge < -0.3 is 4.90 Å². The summed E-state index contributed by atoms with van der Waals surface area (Å²) in [6.45, 7) is 22.4. The molecule has 1 atom stereocenters. The van der Waals surface area contributed by atoms with Crippen LogP contribution in [0.15, 0.2) is 82.7 Å². The number of likely N-dealkylation sites (N-methyl/N-ethyl adjacent to an activating group) is 1. The van der Waals surface area contributed by atoms with Crippen molar-refractivity contribution in [3.05, 3.63) is 101 Å². The van der Waals surface area contributed by atoms with E-state index in [9.17, 15) is 18.0 Å². The number of thiol groups is 1. The molecule has 0 spiro atoms. The minimum Gasteiger partial charge on any atom is -0.304 e. The summed E-state index contributed by atoms with van der Waals surface area (Å²) in [5, 5.41) is 0. The van der Waals surface area contributed by atoms with Crippen LogP contribution in [0.3, 0.4) is 0 Å². The van der Waals surface area contributed by atoms with E-state index < -0.39 is 11.7 Å². The number of hydrogen-bond acceptors (Lipinski definition) is 5. The number of ketones is 1. The topological polar surface area (TPSA) is 35.9 Å². The van der Waals surface area contributed by atoms with E-state index in [1.165, 1.54) is 67.1 Å². The number of nitrogens with zero attached hydrogens (tertiary/aromatic N) is 3. The third kappa shape index (κ3) is 19.8. The van der Waals surface area contributed by atoms with Crippen LogP contribution in [0.5, 0.6) is 0 Å². The second-order valence-electron chi connectivity index (χ2n) is 11.8. The molecule has 268 valence electrons. The highest BCUT2D eigenvalue weighted by atomic mass is 32.1. The Bertz CT molecular complexity index is 1300. The lowest BCUT2D eigenvalue weighted by molar-refractivity contribution is -0.137. The third-order valence-electron chi connectivity index (χ3n) is 7.79. The molecule has 8 heteroatoms. The first-order chi connectivity index (χ1) is 22.7. The van der Waals surface area contributed by atoms with E-state index in [-0.39, 0.29) is 17.8 Å². The van der Waals surface area contributed by atoms with Crippen LogP contribution in [0.2, 0.25) is 0 Å². The van der Waals surface area contributed by atoms with Crippen molar-refractivity contribution in [1.82, 2.24) is 9.80 Å². The second-order valence-corrected chi connectivity index (χ2v) is 12.3. The van der Waals surface area contributed by atoms with Gasteiger partial charge in [0.05, 0.1) is 5.56 Å². The predicted octanol–water partition coefficient (Wildman–Crippen LogP) is 10.9. The summed E-state index contributed by atoms with van der Waals surface area (Å²) in [4.78, 5) is 21.4. The van der Waals surface area contributed by atoms with E-state index in [1.54, 1.807) is 0 Å². The van der Waals surface area contributed by atoms with Crippen molar-refractivity contribution in [3.63, 3.8) is 0 Å². The smallest absolute Gasteiger partial charge is 0.304 e. The highest BCUT2D eigenvalue weighted by Gasteiger charge is 2.30. The molecule has 1 fully saturated rings. The van der Waals surface area contributed by atoms with Gasteiger partial charge in [-0.25, -0.2) is 0 Å². The molecular formula is C40H60F3N3OS. The van der Waals surface area contributed by atoms with Gasteiger partial charge in [-0.3, -0.25) is 14.7 Å².